The Morgan fingerprint density at radius 1 is 0.977 bits per heavy atom. The Morgan fingerprint density at radius 3 is 2.58 bits per heavy atom. The van der Waals surface area contributed by atoms with Gasteiger partial charge in [0.2, 0.25) is 5.88 Å². The number of carbonyl (C=O) groups excluding carboxylic acids is 2. The molecule has 2 aliphatic rings. The van der Waals surface area contributed by atoms with Crippen molar-refractivity contribution < 1.29 is 19.1 Å². The first-order valence-corrected chi connectivity index (χ1v) is 14.9. The molecule has 4 aromatic rings. The Labute approximate surface area is 255 Å². The molecule has 6 rings (SSSR count). The molecule has 4 heterocycles. The van der Waals surface area contributed by atoms with Crippen LogP contribution in [0.2, 0.25) is 5.02 Å². The fourth-order valence-electron chi connectivity index (χ4n) is 5.64. The van der Waals surface area contributed by atoms with Crippen LogP contribution >= 0.6 is 11.6 Å². The number of nitrogens with zero attached hydrogens (tertiary/aromatic N) is 5. The summed E-state index contributed by atoms with van der Waals surface area (Å²) >= 11 is 6.44. The van der Waals surface area contributed by atoms with Crippen molar-refractivity contribution in [1.29, 1.82) is 0 Å². The van der Waals surface area contributed by atoms with Crippen molar-refractivity contribution in [3.63, 3.8) is 0 Å². The number of pyridine rings is 1. The van der Waals surface area contributed by atoms with Crippen LogP contribution in [0.4, 0.5) is 0 Å². The van der Waals surface area contributed by atoms with Gasteiger partial charge in [-0.05, 0) is 30.2 Å². The van der Waals surface area contributed by atoms with E-state index in [-0.39, 0.29) is 23.8 Å². The Balaban J connectivity index is 1.11. The highest BCUT2D eigenvalue weighted by molar-refractivity contribution is 6.35. The van der Waals surface area contributed by atoms with Crippen LogP contribution in [0.3, 0.4) is 0 Å². The van der Waals surface area contributed by atoms with Crippen molar-refractivity contribution in [2.24, 2.45) is 0 Å². The lowest BCUT2D eigenvalue weighted by molar-refractivity contribution is 0.0320. The smallest absolute Gasteiger partial charge is 0.254 e. The number of ether oxygens (including phenoxy) is 2. The third kappa shape index (κ3) is 6.93. The number of rotatable bonds is 8. The molecule has 0 spiro atoms. The van der Waals surface area contributed by atoms with Gasteiger partial charge in [-0.3, -0.25) is 24.5 Å². The molecule has 10 nitrogen and oxygen atoms in total. The number of aromatic nitrogens is 3. The highest BCUT2D eigenvalue weighted by Gasteiger charge is 2.34. The summed E-state index contributed by atoms with van der Waals surface area (Å²) in [5.74, 6) is 0.0411. The number of morpholine rings is 1. The molecule has 0 bridgehead atoms. The molecular weight excluding hydrogens is 568 g/mol. The zero-order chi connectivity index (χ0) is 29.6. The quantitative estimate of drug-likeness (QED) is 0.325. The molecule has 2 aliphatic heterocycles. The second-order valence-electron chi connectivity index (χ2n) is 10.7. The predicted octanol–water partition coefficient (Wildman–Crippen LogP) is 3.82. The lowest BCUT2D eigenvalue weighted by Crippen LogP contribution is -2.51. The number of fused-ring (bicyclic) bond motifs is 1. The topological polar surface area (TPSA) is 110 Å². The van der Waals surface area contributed by atoms with Crippen LogP contribution in [-0.4, -0.2) is 95.2 Å². The fourth-order valence-corrected chi connectivity index (χ4v) is 5.90. The van der Waals surface area contributed by atoms with Crippen LogP contribution in [0.25, 0.3) is 11.0 Å². The highest BCUT2D eigenvalue weighted by Crippen LogP contribution is 2.30. The fraction of sp³-hybridized carbons (Fsp3) is 0.344. The molecule has 0 saturated carbocycles. The van der Waals surface area contributed by atoms with E-state index in [1.54, 1.807) is 42.9 Å². The molecular formula is C32H33ClN6O4. The van der Waals surface area contributed by atoms with Crippen LogP contribution < -0.4 is 10.1 Å². The average molecular weight is 601 g/mol. The average Bonchev–Trinajstić information content (AvgIpc) is 3.06. The SMILES string of the molecule is O=C(N[C@@H]1CCN(C(=O)c2cc(Cl)c3nccnc3c2)CC1c1ccccc1)c1ccc(OCCN2CCOCC2)nc1. The zero-order valence-electron chi connectivity index (χ0n) is 23.7. The summed E-state index contributed by atoms with van der Waals surface area (Å²) in [4.78, 5) is 44.0. The summed E-state index contributed by atoms with van der Waals surface area (Å²) in [5.41, 5.74) is 3.10. The second kappa shape index (κ2) is 13.5. The van der Waals surface area contributed by atoms with E-state index in [1.165, 1.54) is 0 Å². The summed E-state index contributed by atoms with van der Waals surface area (Å²) in [5, 5.41) is 3.59. The Morgan fingerprint density at radius 2 is 1.79 bits per heavy atom. The van der Waals surface area contributed by atoms with Gasteiger partial charge in [0.1, 0.15) is 12.1 Å². The Kier molecular flexibility index (Phi) is 9.07. The number of hydrogen-bond donors (Lipinski definition) is 1. The molecule has 222 valence electrons. The number of piperidine rings is 1. The van der Waals surface area contributed by atoms with Gasteiger partial charge in [0.05, 0.1) is 29.3 Å². The summed E-state index contributed by atoms with van der Waals surface area (Å²) in [7, 11) is 0. The van der Waals surface area contributed by atoms with Gasteiger partial charge in [0.25, 0.3) is 11.8 Å². The number of carbonyl (C=O) groups is 2. The van der Waals surface area contributed by atoms with Crippen molar-refractivity contribution in [2.45, 2.75) is 18.4 Å². The molecule has 0 aliphatic carbocycles. The van der Waals surface area contributed by atoms with Crippen LogP contribution in [0.1, 0.15) is 38.6 Å². The van der Waals surface area contributed by atoms with E-state index >= 15 is 0 Å². The van der Waals surface area contributed by atoms with Crippen molar-refractivity contribution >= 4 is 34.4 Å². The molecule has 2 fully saturated rings. The zero-order valence-corrected chi connectivity index (χ0v) is 24.4. The van der Waals surface area contributed by atoms with E-state index in [4.69, 9.17) is 21.1 Å². The standard InChI is InChI=1S/C32H33ClN6O4/c33-26-18-24(19-28-30(26)35-10-9-34-28)32(41)39-11-8-27(25(21-39)22-4-2-1-3-5-22)37-31(40)23-6-7-29(36-20-23)43-17-14-38-12-15-42-16-13-38/h1-7,9-10,18-20,25,27H,8,11-17,21H2,(H,37,40)/t25?,27-/m1/s1. The molecule has 2 atom stereocenters. The molecule has 2 aromatic carbocycles. The van der Waals surface area contributed by atoms with Crippen molar-refractivity contribution in [1.82, 2.24) is 30.1 Å². The lowest BCUT2D eigenvalue weighted by Gasteiger charge is -2.39. The summed E-state index contributed by atoms with van der Waals surface area (Å²) in [6.07, 6.45) is 5.29. The van der Waals surface area contributed by atoms with Crippen LogP contribution in [0.5, 0.6) is 5.88 Å². The first-order valence-electron chi connectivity index (χ1n) is 14.5. The summed E-state index contributed by atoms with van der Waals surface area (Å²) < 4.78 is 11.2. The number of nitrogens with one attached hydrogen (secondary N) is 1. The van der Waals surface area contributed by atoms with Gasteiger partial charge in [-0.15, -0.1) is 0 Å². The number of halogens is 1. The Bertz CT molecular complexity index is 1570. The molecule has 43 heavy (non-hydrogen) atoms. The molecule has 1 N–H and O–H groups in total. The van der Waals surface area contributed by atoms with Gasteiger partial charge in [-0.25, -0.2) is 4.98 Å². The van der Waals surface area contributed by atoms with E-state index in [0.717, 1.165) is 38.4 Å². The minimum Gasteiger partial charge on any atom is -0.476 e. The maximum Gasteiger partial charge on any atom is 0.254 e. The maximum atomic E-state index is 13.6. The van der Waals surface area contributed by atoms with E-state index in [9.17, 15) is 9.59 Å². The van der Waals surface area contributed by atoms with Gasteiger partial charge in [0, 0.05) is 74.9 Å². The van der Waals surface area contributed by atoms with E-state index < -0.39 is 0 Å². The lowest BCUT2D eigenvalue weighted by atomic mass is 9.85. The van der Waals surface area contributed by atoms with Crippen molar-refractivity contribution in [3.05, 3.63) is 94.9 Å². The van der Waals surface area contributed by atoms with Crippen molar-refractivity contribution in [2.75, 3.05) is 52.5 Å². The minimum absolute atomic E-state index is 0.102. The van der Waals surface area contributed by atoms with Gasteiger partial charge < -0.3 is 19.7 Å². The molecule has 2 saturated heterocycles. The molecule has 2 amide bonds. The number of amides is 2. The minimum atomic E-state index is -0.210. The van der Waals surface area contributed by atoms with Gasteiger partial charge in [0.15, 0.2) is 0 Å². The summed E-state index contributed by atoms with van der Waals surface area (Å²) in [6.45, 7) is 5.55. The van der Waals surface area contributed by atoms with Gasteiger partial charge in [-0.2, -0.15) is 0 Å². The number of likely N-dealkylation sites (tertiary alicyclic amines) is 1. The highest BCUT2D eigenvalue weighted by atomic mass is 35.5. The van der Waals surface area contributed by atoms with E-state index in [0.29, 0.717) is 59.2 Å². The van der Waals surface area contributed by atoms with Gasteiger partial charge >= 0.3 is 0 Å². The van der Waals surface area contributed by atoms with Crippen LogP contribution in [0, 0.1) is 0 Å². The van der Waals surface area contributed by atoms with Crippen LogP contribution in [0.15, 0.2) is 73.2 Å². The third-order valence-corrected chi connectivity index (χ3v) is 8.27. The first-order chi connectivity index (χ1) is 21.0. The normalized spacial score (nSPS) is 19.2. The first kappa shape index (κ1) is 29.0. The maximum absolute atomic E-state index is 13.6. The van der Waals surface area contributed by atoms with E-state index in [1.807, 2.05) is 35.2 Å². The molecule has 0 radical (unpaired) electrons. The summed E-state index contributed by atoms with van der Waals surface area (Å²) in [6, 6.07) is 16.6. The molecule has 11 heteroatoms. The van der Waals surface area contributed by atoms with Gasteiger partial charge in [-0.1, -0.05) is 41.9 Å². The van der Waals surface area contributed by atoms with Crippen molar-refractivity contribution in [3.8, 4) is 5.88 Å². The largest absolute Gasteiger partial charge is 0.476 e. The third-order valence-electron chi connectivity index (χ3n) is 7.98. The number of hydrogen-bond acceptors (Lipinski definition) is 8. The number of benzene rings is 2. The van der Waals surface area contributed by atoms with Crippen LogP contribution in [-0.2, 0) is 4.74 Å². The Hall–Kier alpha value is -4.12. The second-order valence-corrected chi connectivity index (χ2v) is 11.1. The molecule has 2 aromatic heterocycles. The van der Waals surface area contributed by atoms with E-state index in [2.05, 4.69) is 25.2 Å². The molecule has 1 unspecified atom stereocenters. The predicted molar refractivity (Wildman–Crippen MR) is 162 cm³/mol. The monoisotopic (exact) mass is 600 g/mol.